The van der Waals surface area contributed by atoms with Crippen LogP contribution in [0.25, 0.3) is 0 Å². The SMILES string of the molecule is CC(C)N1C[C@H]2CC[C@@H](Oc3cccnc3)[C@H]2C1. The van der Waals surface area contributed by atoms with Crippen LogP contribution in [0.4, 0.5) is 0 Å². The van der Waals surface area contributed by atoms with Gasteiger partial charge in [0.05, 0.1) is 6.20 Å². The molecule has 2 fully saturated rings. The zero-order valence-corrected chi connectivity index (χ0v) is 11.2. The highest BCUT2D eigenvalue weighted by atomic mass is 16.5. The molecular weight excluding hydrogens is 224 g/mol. The molecule has 0 spiro atoms. The van der Waals surface area contributed by atoms with Crippen LogP contribution in [0.1, 0.15) is 26.7 Å². The standard InChI is InChI=1S/C15H22N2O/c1-11(2)17-9-12-5-6-15(14(12)10-17)18-13-4-3-7-16-8-13/h3-4,7-8,11-12,14-15H,5-6,9-10H2,1-2H3/t12-,14+,15-/m1/s1. The summed E-state index contributed by atoms with van der Waals surface area (Å²) in [6.07, 6.45) is 6.53. The molecule has 18 heavy (non-hydrogen) atoms. The molecule has 1 aliphatic heterocycles. The quantitative estimate of drug-likeness (QED) is 0.819. The van der Waals surface area contributed by atoms with E-state index in [1.165, 1.54) is 25.9 Å². The minimum atomic E-state index is 0.392. The topological polar surface area (TPSA) is 25.4 Å². The highest BCUT2D eigenvalue weighted by molar-refractivity contribution is 5.16. The summed E-state index contributed by atoms with van der Waals surface area (Å²) in [5.41, 5.74) is 0. The zero-order valence-electron chi connectivity index (χ0n) is 11.2. The van der Waals surface area contributed by atoms with Gasteiger partial charge in [-0.2, -0.15) is 0 Å². The van der Waals surface area contributed by atoms with Crippen molar-refractivity contribution in [3.05, 3.63) is 24.5 Å². The Labute approximate surface area is 109 Å². The van der Waals surface area contributed by atoms with E-state index in [0.717, 1.165) is 11.7 Å². The molecule has 3 rings (SSSR count). The van der Waals surface area contributed by atoms with Crippen molar-refractivity contribution < 1.29 is 4.74 Å². The molecule has 3 heteroatoms. The summed E-state index contributed by atoms with van der Waals surface area (Å²) in [5, 5.41) is 0. The van der Waals surface area contributed by atoms with E-state index < -0.39 is 0 Å². The van der Waals surface area contributed by atoms with Crippen molar-refractivity contribution in [2.45, 2.75) is 38.8 Å². The second kappa shape index (κ2) is 4.88. The molecule has 0 radical (unpaired) electrons. The Bertz CT molecular complexity index is 393. The molecular formula is C15H22N2O. The number of hydrogen-bond donors (Lipinski definition) is 0. The molecule has 98 valence electrons. The third kappa shape index (κ3) is 2.24. The van der Waals surface area contributed by atoms with E-state index >= 15 is 0 Å². The van der Waals surface area contributed by atoms with Crippen LogP contribution < -0.4 is 4.74 Å². The lowest BCUT2D eigenvalue weighted by Crippen LogP contribution is -2.32. The molecule has 0 amide bonds. The first-order valence-corrected chi connectivity index (χ1v) is 7.05. The van der Waals surface area contributed by atoms with Gasteiger partial charge < -0.3 is 9.64 Å². The lowest BCUT2D eigenvalue weighted by atomic mass is 9.99. The van der Waals surface area contributed by atoms with Gasteiger partial charge in [0.1, 0.15) is 11.9 Å². The van der Waals surface area contributed by atoms with Gasteiger partial charge in [0, 0.05) is 31.2 Å². The molecule has 2 aliphatic rings. The van der Waals surface area contributed by atoms with Gasteiger partial charge >= 0.3 is 0 Å². The van der Waals surface area contributed by atoms with Gasteiger partial charge in [-0.25, -0.2) is 0 Å². The van der Waals surface area contributed by atoms with Crippen LogP contribution in [-0.4, -0.2) is 35.1 Å². The van der Waals surface area contributed by atoms with E-state index in [1.807, 2.05) is 18.3 Å². The summed E-state index contributed by atoms with van der Waals surface area (Å²) < 4.78 is 6.13. The van der Waals surface area contributed by atoms with Crippen LogP contribution in [0, 0.1) is 11.8 Å². The summed E-state index contributed by atoms with van der Waals surface area (Å²) in [6.45, 7) is 7.04. The fraction of sp³-hybridized carbons (Fsp3) is 0.667. The van der Waals surface area contributed by atoms with Gasteiger partial charge in [-0.1, -0.05) is 0 Å². The molecule has 0 bridgehead atoms. The summed E-state index contributed by atoms with van der Waals surface area (Å²) >= 11 is 0. The predicted molar refractivity (Wildman–Crippen MR) is 71.6 cm³/mol. The Kier molecular flexibility index (Phi) is 3.25. The van der Waals surface area contributed by atoms with Crippen molar-refractivity contribution in [3.63, 3.8) is 0 Å². The Hall–Kier alpha value is -1.09. The van der Waals surface area contributed by atoms with Crippen molar-refractivity contribution in [1.29, 1.82) is 0 Å². The second-order valence-corrected chi connectivity index (χ2v) is 5.89. The highest BCUT2D eigenvalue weighted by Crippen LogP contribution is 2.40. The van der Waals surface area contributed by atoms with E-state index in [0.29, 0.717) is 18.1 Å². The maximum absolute atomic E-state index is 6.13. The fourth-order valence-electron chi connectivity index (χ4n) is 3.41. The molecule has 0 N–H and O–H groups in total. The molecule has 1 saturated carbocycles. The Morgan fingerprint density at radius 1 is 1.33 bits per heavy atom. The number of rotatable bonds is 3. The van der Waals surface area contributed by atoms with Crippen molar-refractivity contribution in [2.75, 3.05) is 13.1 Å². The minimum absolute atomic E-state index is 0.392. The molecule has 1 aromatic rings. The first kappa shape index (κ1) is 12.0. The predicted octanol–water partition coefficient (Wildman–Crippen LogP) is 2.58. The van der Waals surface area contributed by atoms with E-state index in [2.05, 4.69) is 23.7 Å². The number of nitrogens with zero attached hydrogens (tertiary/aromatic N) is 2. The van der Waals surface area contributed by atoms with Crippen molar-refractivity contribution in [1.82, 2.24) is 9.88 Å². The maximum atomic E-state index is 6.13. The molecule has 2 heterocycles. The fourth-order valence-corrected chi connectivity index (χ4v) is 3.41. The van der Waals surface area contributed by atoms with Crippen LogP contribution in [0.15, 0.2) is 24.5 Å². The van der Waals surface area contributed by atoms with E-state index in [1.54, 1.807) is 6.20 Å². The molecule has 3 nitrogen and oxygen atoms in total. The molecule has 0 aromatic carbocycles. The van der Waals surface area contributed by atoms with E-state index in [9.17, 15) is 0 Å². The largest absolute Gasteiger partial charge is 0.488 e. The van der Waals surface area contributed by atoms with Crippen molar-refractivity contribution in [3.8, 4) is 5.75 Å². The minimum Gasteiger partial charge on any atom is -0.488 e. The van der Waals surface area contributed by atoms with E-state index in [4.69, 9.17) is 4.74 Å². The smallest absolute Gasteiger partial charge is 0.138 e. The molecule has 1 aromatic heterocycles. The number of pyridine rings is 1. The first-order valence-electron chi connectivity index (χ1n) is 7.05. The lowest BCUT2D eigenvalue weighted by molar-refractivity contribution is 0.143. The monoisotopic (exact) mass is 246 g/mol. The van der Waals surface area contributed by atoms with Gasteiger partial charge in [0.25, 0.3) is 0 Å². The molecule has 0 unspecified atom stereocenters. The van der Waals surface area contributed by atoms with Crippen LogP contribution >= 0.6 is 0 Å². The summed E-state index contributed by atoms with van der Waals surface area (Å²) in [5.74, 6) is 2.48. The number of fused-ring (bicyclic) bond motifs is 1. The van der Waals surface area contributed by atoms with Gasteiger partial charge in [-0.05, 0) is 44.7 Å². The zero-order chi connectivity index (χ0) is 12.5. The van der Waals surface area contributed by atoms with E-state index in [-0.39, 0.29) is 0 Å². The van der Waals surface area contributed by atoms with Crippen LogP contribution in [-0.2, 0) is 0 Å². The summed E-state index contributed by atoms with van der Waals surface area (Å²) in [6, 6.07) is 4.61. The van der Waals surface area contributed by atoms with Crippen LogP contribution in [0.2, 0.25) is 0 Å². The summed E-state index contributed by atoms with van der Waals surface area (Å²) in [7, 11) is 0. The van der Waals surface area contributed by atoms with Crippen molar-refractivity contribution in [2.24, 2.45) is 11.8 Å². The normalized spacial score (nSPS) is 31.8. The number of hydrogen-bond acceptors (Lipinski definition) is 3. The number of likely N-dealkylation sites (tertiary alicyclic amines) is 1. The van der Waals surface area contributed by atoms with Gasteiger partial charge in [0.2, 0.25) is 0 Å². The third-order valence-corrected chi connectivity index (χ3v) is 4.47. The first-order chi connectivity index (χ1) is 8.74. The van der Waals surface area contributed by atoms with Crippen molar-refractivity contribution >= 4 is 0 Å². The third-order valence-electron chi connectivity index (χ3n) is 4.47. The highest BCUT2D eigenvalue weighted by Gasteiger charge is 2.44. The van der Waals surface area contributed by atoms with Gasteiger partial charge in [0.15, 0.2) is 0 Å². The number of aromatic nitrogens is 1. The average molecular weight is 246 g/mol. The van der Waals surface area contributed by atoms with Gasteiger partial charge in [-0.3, -0.25) is 4.98 Å². The lowest BCUT2D eigenvalue weighted by Gasteiger charge is -2.24. The van der Waals surface area contributed by atoms with Crippen LogP contribution in [0.5, 0.6) is 5.75 Å². The van der Waals surface area contributed by atoms with Crippen LogP contribution in [0.3, 0.4) is 0 Å². The second-order valence-electron chi connectivity index (χ2n) is 5.89. The molecule has 3 atom stereocenters. The molecule has 1 saturated heterocycles. The summed E-state index contributed by atoms with van der Waals surface area (Å²) in [4.78, 5) is 6.71. The van der Waals surface area contributed by atoms with Gasteiger partial charge in [-0.15, -0.1) is 0 Å². The Balaban J connectivity index is 1.65. The maximum Gasteiger partial charge on any atom is 0.138 e. The Morgan fingerprint density at radius 3 is 2.94 bits per heavy atom. The number of ether oxygens (including phenoxy) is 1. The Morgan fingerprint density at radius 2 is 2.22 bits per heavy atom. The average Bonchev–Trinajstić information content (AvgIpc) is 2.93. The molecule has 1 aliphatic carbocycles.